The van der Waals surface area contributed by atoms with Crippen molar-refractivity contribution in [3.8, 4) is 0 Å². The second-order valence-corrected chi connectivity index (χ2v) is 10.2. The van der Waals surface area contributed by atoms with Crippen molar-refractivity contribution in [1.82, 2.24) is 0 Å². The Labute approximate surface area is 175 Å². The molecule has 29 heavy (non-hydrogen) atoms. The number of carbonyl (C=O) groups excluding carboxylic acids is 1. The Hall–Kier alpha value is -1.55. The van der Waals surface area contributed by atoms with Crippen LogP contribution in [0.3, 0.4) is 0 Å². The second-order valence-electron chi connectivity index (χ2n) is 10.2. The highest BCUT2D eigenvalue weighted by Crippen LogP contribution is 2.61. The maximum Gasteiger partial charge on any atom is 0.306 e. The van der Waals surface area contributed by atoms with Crippen LogP contribution in [0.4, 0.5) is 0 Å². The molecule has 4 nitrogen and oxygen atoms in total. The van der Waals surface area contributed by atoms with Gasteiger partial charge in [0.25, 0.3) is 0 Å². The van der Waals surface area contributed by atoms with Crippen LogP contribution in [0.2, 0.25) is 0 Å². The first-order chi connectivity index (χ1) is 13.7. The average molecular weight is 403 g/mol. The zero-order valence-corrected chi connectivity index (χ0v) is 18.7. The molecule has 0 aliphatic heterocycles. The summed E-state index contributed by atoms with van der Waals surface area (Å²) in [5.41, 5.74) is 2.70. The standard InChI is InChI=1S/C25H38O4/c1-17(2)14-23(27)29-16-20-21(26)6-7-22-24(4,12-9-19-10-13-28-15-19)18(3)8-11-25(20,22)5/h8,10,13,15,17,20-22,26H,6-7,9,11-12,14,16H2,1-5H3/t20-,21+,22+,24-,25-/m0/s1. The Morgan fingerprint density at radius 2 is 2.10 bits per heavy atom. The van der Waals surface area contributed by atoms with Gasteiger partial charge in [0, 0.05) is 12.3 Å². The zero-order valence-electron chi connectivity index (χ0n) is 18.7. The maximum absolute atomic E-state index is 12.2. The van der Waals surface area contributed by atoms with Crippen molar-refractivity contribution in [2.75, 3.05) is 6.61 Å². The lowest BCUT2D eigenvalue weighted by Crippen LogP contribution is -2.55. The van der Waals surface area contributed by atoms with E-state index in [4.69, 9.17) is 9.15 Å². The molecule has 1 aromatic rings. The highest BCUT2D eigenvalue weighted by molar-refractivity contribution is 5.69. The number of carbonyl (C=O) groups is 1. The summed E-state index contributed by atoms with van der Waals surface area (Å²) in [6.07, 6.45) is 10.8. The van der Waals surface area contributed by atoms with Crippen molar-refractivity contribution in [2.24, 2.45) is 28.6 Å². The molecule has 0 spiro atoms. The largest absolute Gasteiger partial charge is 0.472 e. The predicted molar refractivity (Wildman–Crippen MR) is 114 cm³/mol. The van der Waals surface area contributed by atoms with Gasteiger partial charge in [-0.2, -0.15) is 0 Å². The molecule has 162 valence electrons. The summed E-state index contributed by atoms with van der Waals surface area (Å²) in [6.45, 7) is 11.3. The van der Waals surface area contributed by atoms with Gasteiger partial charge in [-0.15, -0.1) is 0 Å². The van der Waals surface area contributed by atoms with Gasteiger partial charge in [-0.25, -0.2) is 0 Å². The molecule has 0 saturated heterocycles. The lowest BCUT2D eigenvalue weighted by atomic mass is 9.47. The van der Waals surface area contributed by atoms with Gasteiger partial charge in [-0.3, -0.25) is 4.79 Å². The molecule has 4 heteroatoms. The minimum Gasteiger partial charge on any atom is -0.472 e. The first kappa shape index (κ1) is 22.1. The Bertz CT molecular complexity index is 719. The number of esters is 1. The molecule has 2 aliphatic carbocycles. The first-order valence-electron chi connectivity index (χ1n) is 11.2. The molecule has 0 aromatic carbocycles. The van der Waals surface area contributed by atoms with Crippen molar-refractivity contribution >= 4 is 5.97 Å². The summed E-state index contributed by atoms with van der Waals surface area (Å²) in [5, 5.41) is 10.9. The van der Waals surface area contributed by atoms with E-state index >= 15 is 0 Å². The Kier molecular flexibility index (Phi) is 6.62. The fraction of sp³-hybridized carbons (Fsp3) is 0.720. The van der Waals surface area contributed by atoms with Crippen LogP contribution in [-0.2, 0) is 16.0 Å². The number of aliphatic hydroxyl groups excluding tert-OH is 1. The van der Waals surface area contributed by atoms with Crippen molar-refractivity contribution < 1.29 is 19.1 Å². The van der Waals surface area contributed by atoms with E-state index < -0.39 is 6.10 Å². The first-order valence-corrected chi connectivity index (χ1v) is 11.2. The molecule has 0 bridgehead atoms. The van der Waals surface area contributed by atoms with Crippen molar-refractivity contribution in [3.05, 3.63) is 35.8 Å². The van der Waals surface area contributed by atoms with Gasteiger partial charge in [-0.1, -0.05) is 39.3 Å². The summed E-state index contributed by atoms with van der Waals surface area (Å²) in [7, 11) is 0. The number of allylic oxidation sites excluding steroid dienone is 2. The summed E-state index contributed by atoms with van der Waals surface area (Å²) in [6, 6.07) is 2.05. The molecule has 1 fully saturated rings. The highest BCUT2D eigenvalue weighted by Gasteiger charge is 2.56. The molecule has 0 amide bonds. The smallest absolute Gasteiger partial charge is 0.306 e. The molecule has 1 heterocycles. The normalized spacial score (nSPS) is 34.6. The highest BCUT2D eigenvalue weighted by atomic mass is 16.5. The minimum atomic E-state index is -0.409. The number of hydrogen-bond donors (Lipinski definition) is 1. The molecule has 0 radical (unpaired) electrons. The van der Waals surface area contributed by atoms with Crippen LogP contribution in [0.15, 0.2) is 34.7 Å². The fourth-order valence-corrected chi connectivity index (χ4v) is 5.87. The summed E-state index contributed by atoms with van der Waals surface area (Å²) in [5.74, 6) is 0.579. The molecule has 1 aromatic heterocycles. The van der Waals surface area contributed by atoms with Crippen LogP contribution in [0.5, 0.6) is 0 Å². The third kappa shape index (κ3) is 4.47. The molecular weight excluding hydrogens is 364 g/mol. The summed E-state index contributed by atoms with van der Waals surface area (Å²) < 4.78 is 10.9. The Morgan fingerprint density at radius 3 is 2.76 bits per heavy atom. The lowest BCUT2D eigenvalue weighted by Gasteiger charge is -2.58. The van der Waals surface area contributed by atoms with E-state index in [1.807, 2.05) is 26.2 Å². The number of aryl methyl sites for hydroxylation is 1. The molecule has 5 atom stereocenters. The quantitative estimate of drug-likeness (QED) is 0.480. The van der Waals surface area contributed by atoms with Crippen molar-refractivity contribution in [1.29, 1.82) is 0 Å². The van der Waals surface area contributed by atoms with Crippen LogP contribution in [0.1, 0.15) is 72.3 Å². The molecule has 3 rings (SSSR count). The molecule has 2 aliphatic rings. The van der Waals surface area contributed by atoms with Gasteiger partial charge in [-0.05, 0) is 73.3 Å². The van der Waals surface area contributed by atoms with E-state index in [1.165, 1.54) is 11.1 Å². The van der Waals surface area contributed by atoms with Crippen LogP contribution < -0.4 is 0 Å². The van der Waals surface area contributed by atoms with Crippen LogP contribution in [0.25, 0.3) is 0 Å². The number of rotatable bonds is 7. The number of hydrogen-bond acceptors (Lipinski definition) is 4. The number of furan rings is 1. The molecule has 1 N–H and O–H groups in total. The minimum absolute atomic E-state index is 0.0186. The van der Waals surface area contributed by atoms with E-state index in [-0.39, 0.29) is 28.6 Å². The zero-order chi connectivity index (χ0) is 21.2. The van der Waals surface area contributed by atoms with Gasteiger partial charge >= 0.3 is 5.97 Å². The molecule has 1 saturated carbocycles. The predicted octanol–water partition coefficient (Wildman–Crippen LogP) is 5.55. The second kappa shape index (κ2) is 8.67. The topological polar surface area (TPSA) is 59.7 Å². The van der Waals surface area contributed by atoms with Gasteiger partial charge in [0.15, 0.2) is 0 Å². The van der Waals surface area contributed by atoms with Crippen molar-refractivity contribution in [3.63, 3.8) is 0 Å². The van der Waals surface area contributed by atoms with Crippen molar-refractivity contribution in [2.45, 2.75) is 79.2 Å². The Balaban J connectivity index is 1.79. The lowest BCUT2D eigenvalue weighted by molar-refractivity contribution is -0.158. The number of aliphatic hydroxyl groups is 1. The average Bonchev–Trinajstić information content (AvgIpc) is 3.16. The number of fused-ring (bicyclic) bond motifs is 1. The fourth-order valence-electron chi connectivity index (χ4n) is 5.87. The van der Waals surface area contributed by atoms with Gasteiger partial charge in [0.1, 0.15) is 0 Å². The maximum atomic E-state index is 12.2. The van der Waals surface area contributed by atoms with E-state index in [9.17, 15) is 9.90 Å². The van der Waals surface area contributed by atoms with Gasteiger partial charge in [0.05, 0.1) is 25.2 Å². The third-order valence-corrected chi connectivity index (χ3v) is 7.89. The monoisotopic (exact) mass is 402 g/mol. The summed E-state index contributed by atoms with van der Waals surface area (Å²) in [4.78, 5) is 12.2. The van der Waals surface area contributed by atoms with Crippen LogP contribution in [0, 0.1) is 28.6 Å². The molecule has 0 unspecified atom stereocenters. The summed E-state index contributed by atoms with van der Waals surface area (Å²) >= 11 is 0. The molecular formula is C25H38O4. The third-order valence-electron chi connectivity index (χ3n) is 7.89. The van der Waals surface area contributed by atoms with Crippen LogP contribution >= 0.6 is 0 Å². The van der Waals surface area contributed by atoms with E-state index in [0.29, 0.717) is 18.9 Å². The van der Waals surface area contributed by atoms with Crippen LogP contribution in [-0.4, -0.2) is 23.8 Å². The van der Waals surface area contributed by atoms with E-state index in [1.54, 1.807) is 6.26 Å². The van der Waals surface area contributed by atoms with E-state index in [2.05, 4.69) is 26.8 Å². The Morgan fingerprint density at radius 1 is 1.34 bits per heavy atom. The van der Waals surface area contributed by atoms with Gasteiger partial charge < -0.3 is 14.3 Å². The van der Waals surface area contributed by atoms with Gasteiger partial charge in [0.2, 0.25) is 0 Å². The number of ether oxygens (including phenoxy) is 1. The van der Waals surface area contributed by atoms with E-state index in [0.717, 1.165) is 32.1 Å². The SMILES string of the molecule is CC1=CC[C@@]2(C)[C@@H](COC(=O)CC(C)C)[C@H](O)CC[C@@H]2[C@@]1(C)CCc1ccoc1.